The van der Waals surface area contributed by atoms with Crippen molar-refractivity contribution in [3.05, 3.63) is 63.0 Å². The Morgan fingerprint density at radius 2 is 2.00 bits per heavy atom. The van der Waals surface area contributed by atoms with Gasteiger partial charge in [-0.1, -0.05) is 23.2 Å². The van der Waals surface area contributed by atoms with E-state index in [4.69, 9.17) is 27.6 Å². The van der Waals surface area contributed by atoms with Gasteiger partial charge in [0.05, 0.1) is 46.3 Å². The molecule has 3 rings (SSSR count). The standard InChI is InChI=1S/C13H8Cl2N2O2/c14-9-1-2-10(15)12-11(9)13(18)17(7-16-12)5-8-3-4-19-6-8/h1-4,6-7H,5H2. The lowest BCUT2D eigenvalue weighted by molar-refractivity contribution is 0.561. The van der Waals surface area contributed by atoms with Gasteiger partial charge in [0.15, 0.2) is 0 Å². The Morgan fingerprint density at radius 3 is 2.74 bits per heavy atom. The van der Waals surface area contributed by atoms with Crippen molar-refractivity contribution in [3.8, 4) is 0 Å². The highest BCUT2D eigenvalue weighted by atomic mass is 35.5. The summed E-state index contributed by atoms with van der Waals surface area (Å²) < 4.78 is 6.44. The molecule has 19 heavy (non-hydrogen) atoms. The number of aromatic nitrogens is 2. The molecule has 1 aromatic carbocycles. The molecule has 0 saturated carbocycles. The first kappa shape index (κ1) is 12.3. The van der Waals surface area contributed by atoms with Crippen molar-refractivity contribution in [1.82, 2.24) is 9.55 Å². The van der Waals surface area contributed by atoms with Gasteiger partial charge >= 0.3 is 0 Å². The fraction of sp³-hybridized carbons (Fsp3) is 0.0769. The molecule has 0 aliphatic rings. The Balaban J connectivity index is 2.21. The minimum atomic E-state index is -0.223. The van der Waals surface area contributed by atoms with E-state index in [1.807, 2.05) is 0 Å². The average molecular weight is 295 g/mol. The molecule has 0 unspecified atom stereocenters. The van der Waals surface area contributed by atoms with Gasteiger partial charge in [-0.05, 0) is 18.2 Å². The van der Waals surface area contributed by atoms with Gasteiger partial charge in [0.25, 0.3) is 5.56 Å². The molecular weight excluding hydrogens is 287 g/mol. The maximum atomic E-state index is 12.4. The Labute approximate surface area is 118 Å². The predicted molar refractivity (Wildman–Crippen MR) is 73.8 cm³/mol. The molecule has 0 radical (unpaired) electrons. The van der Waals surface area contributed by atoms with E-state index in [0.29, 0.717) is 27.5 Å². The number of nitrogens with zero attached hydrogens (tertiary/aromatic N) is 2. The molecule has 0 amide bonds. The second-order valence-electron chi connectivity index (χ2n) is 4.06. The van der Waals surface area contributed by atoms with Crippen LogP contribution >= 0.6 is 23.2 Å². The fourth-order valence-corrected chi connectivity index (χ4v) is 2.33. The molecule has 0 saturated heterocycles. The van der Waals surface area contributed by atoms with Crippen molar-refractivity contribution in [2.75, 3.05) is 0 Å². The third kappa shape index (κ3) is 2.13. The highest BCUT2D eigenvalue weighted by Crippen LogP contribution is 2.25. The average Bonchev–Trinajstić information content (AvgIpc) is 2.89. The molecule has 0 atom stereocenters. The van der Waals surface area contributed by atoms with Crippen LogP contribution in [0.1, 0.15) is 5.56 Å². The number of rotatable bonds is 2. The number of halogens is 2. The predicted octanol–water partition coefficient (Wildman–Crippen LogP) is 3.34. The zero-order valence-electron chi connectivity index (χ0n) is 9.64. The van der Waals surface area contributed by atoms with E-state index >= 15 is 0 Å². The van der Waals surface area contributed by atoms with Gasteiger partial charge < -0.3 is 4.42 Å². The zero-order chi connectivity index (χ0) is 13.4. The number of hydrogen-bond acceptors (Lipinski definition) is 3. The fourth-order valence-electron chi connectivity index (χ4n) is 1.89. The molecular formula is C13H8Cl2N2O2. The highest BCUT2D eigenvalue weighted by Gasteiger charge is 2.11. The molecule has 0 aliphatic heterocycles. The quantitative estimate of drug-likeness (QED) is 0.728. The summed E-state index contributed by atoms with van der Waals surface area (Å²) in [4.78, 5) is 16.6. The van der Waals surface area contributed by atoms with Crippen LogP contribution in [0.25, 0.3) is 10.9 Å². The van der Waals surface area contributed by atoms with Crippen LogP contribution in [0.4, 0.5) is 0 Å². The highest BCUT2D eigenvalue weighted by molar-refractivity contribution is 6.39. The number of fused-ring (bicyclic) bond motifs is 1. The molecule has 4 nitrogen and oxygen atoms in total. The first-order valence-corrected chi connectivity index (χ1v) is 6.26. The maximum absolute atomic E-state index is 12.4. The van der Waals surface area contributed by atoms with Gasteiger partial charge in [-0.25, -0.2) is 4.98 Å². The lowest BCUT2D eigenvalue weighted by Gasteiger charge is -2.07. The minimum absolute atomic E-state index is 0.223. The smallest absolute Gasteiger partial charge is 0.263 e. The number of benzene rings is 1. The molecule has 2 heterocycles. The Kier molecular flexibility index (Phi) is 3.05. The topological polar surface area (TPSA) is 48.0 Å². The molecule has 0 bridgehead atoms. The van der Waals surface area contributed by atoms with Gasteiger partial charge in [0, 0.05) is 5.56 Å². The summed E-state index contributed by atoms with van der Waals surface area (Å²) >= 11 is 12.1. The molecule has 96 valence electrons. The molecule has 0 aliphatic carbocycles. The molecule has 6 heteroatoms. The lowest BCUT2D eigenvalue weighted by Crippen LogP contribution is -2.21. The molecule has 0 fully saturated rings. The van der Waals surface area contributed by atoms with Crippen molar-refractivity contribution in [2.24, 2.45) is 0 Å². The lowest BCUT2D eigenvalue weighted by atomic mass is 10.2. The van der Waals surface area contributed by atoms with E-state index in [2.05, 4.69) is 4.98 Å². The molecule has 0 spiro atoms. The van der Waals surface area contributed by atoms with Gasteiger partial charge in [-0.3, -0.25) is 9.36 Å². The van der Waals surface area contributed by atoms with Gasteiger partial charge in [0.2, 0.25) is 0 Å². The van der Waals surface area contributed by atoms with Crippen LogP contribution < -0.4 is 5.56 Å². The van der Waals surface area contributed by atoms with Crippen LogP contribution in [-0.2, 0) is 6.54 Å². The van der Waals surface area contributed by atoms with Crippen LogP contribution in [0, 0.1) is 0 Å². The van der Waals surface area contributed by atoms with Crippen molar-refractivity contribution >= 4 is 34.1 Å². The van der Waals surface area contributed by atoms with Crippen molar-refractivity contribution in [2.45, 2.75) is 6.54 Å². The Hall–Kier alpha value is -1.78. The van der Waals surface area contributed by atoms with Gasteiger partial charge in [-0.2, -0.15) is 0 Å². The summed E-state index contributed by atoms with van der Waals surface area (Å²) in [5.74, 6) is 0. The molecule has 3 aromatic rings. The minimum Gasteiger partial charge on any atom is -0.472 e. The first-order chi connectivity index (χ1) is 9.16. The van der Waals surface area contributed by atoms with Crippen molar-refractivity contribution in [1.29, 1.82) is 0 Å². The Morgan fingerprint density at radius 1 is 1.21 bits per heavy atom. The number of hydrogen-bond donors (Lipinski definition) is 0. The molecule has 2 aromatic heterocycles. The second kappa shape index (κ2) is 4.72. The summed E-state index contributed by atoms with van der Waals surface area (Å²) in [6.07, 6.45) is 4.59. The summed E-state index contributed by atoms with van der Waals surface area (Å²) in [6.45, 7) is 0.376. The van der Waals surface area contributed by atoms with Crippen molar-refractivity contribution in [3.63, 3.8) is 0 Å². The van der Waals surface area contributed by atoms with Crippen molar-refractivity contribution < 1.29 is 4.42 Å². The summed E-state index contributed by atoms with van der Waals surface area (Å²) in [5, 5.41) is 1.09. The maximum Gasteiger partial charge on any atom is 0.263 e. The van der Waals surface area contributed by atoms with Crippen LogP contribution in [0.2, 0.25) is 10.0 Å². The monoisotopic (exact) mass is 294 g/mol. The number of furan rings is 1. The third-order valence-electron chi connectivity index (χ3n) is 2.81. The van der Waals surface area contributed by atoms with E-state index in [1.165, 1.54) is 10.9 Å². The summed E-state index contributed by atoms with van der Waals surface area (Å²) in [6, 6.07) is 5.01. The van der Waals surface area contributed by atoms with E-state index in [-0.39, 0.29) is 5.56 Å². The summed E-state index contributed by atoms with van der Waals surface area (Å²) in [7, 11) is 0. The van der Waals surface area contributed by atoms with E-state index in [9.17, 15) is 4.79 Å². The molecule has 0 N–H and O–H groups in total. The summed E-state index contributed by atoms with van der Waals surface area (Å²) in [5.41, 5.74) is 1.07. The largest absolute Gasteiger partial charge is 0.472 e. The van der Waals surface area contributed by atoms with E-state index in [0.717, 1.165) is 5.56 Å². The Bertz CT molecular complexity index is 794. The van der Waals surface area contributed by atoms with E-state index < -0.39 is 0 Å². The second-order valence-corrected chi connectivity index (χ2v) is 4.88. The van der Waals surface area contributed by atoms with Crippen LogP contribution in [0.15, 0.2) is 46.3 Å². The van der Waals surface area contributed by atoms with Crippen LogP contribution in [0.5, 0.6) is 0 Å². The van der Waals surface area contributed by atoms with Crippen LogP contribution in [0.3, 0.4) is 0 Å². The van der Waals surface area contributed by atoms with Gasteiger partial charge in [0.1, 0.15) is 0 Å². The third-order valence-corrected chi connectivity index (χ3v) is 3.43. The SMILES string of the molecule is O=c1c2c(Cl)ccc(Cl)c2ncn1Cc1ccoc1. The van der Waals surface area contributed by atoms with E-state index in [1.54, 1.807) is 30.7 Å². The van der Waals surface area contributed by atoms with Gasteiger partial charge in [-0.15, -0.1) is 0 Å². The van der Waals surface area contributed by atoms with Crippen LogP contribution in [-0.4, -0.2) is 9.55 Å². The first-order valence-electron chi connectivity index (χ1n) is 5.51. The zero-order valence-corrected chi connectivity index (χ0v) is 11.1. The normalized spacial score (nSPS) is 11.1.